The quantitative estimate of drug-likeness (QED) is 0.737. The van der Waals surface area contributed by atoms with Crippen LogP contribution in [0.25, 0.3) is 22.2 Å². The van der Waals surface area contributed by atoms with Crippen molar-refractivity contribution in [1.29, 1.82) is 5.26 Å². The predicted octanol–water partition coefficient (Wildman–Crippen LogP) is 4.25. The topological polar surface area (TPSA) is 76.9 Å². The summed E-state index contributed by atoms with van der Waals surface area (Å²) in [6.45, 7) is 0. The van der Waals surface area contributed by atoms with Gasteiger partial charge in [0.1, 0.15) is 5.82 Å². The molecule has 120 valence electrons. The maximum atomic E-state index is 13.2. The van der Waals surface area contributed by atoms with Gasteiger partial charge in [0.25, 0.3) is 0 Å². The summed E-state index contributed by atoms with van der Waals surface area (Å²) in [5.41, 5.74) is 4.04. The first-order valence-corrected chi connectivity index (χ1v) is 7.61. The number of rotatable bonds is 5. The number of aliphatic carboxylic acids is 1. The van der Waals surface area contributed by atoms with Crippen molar-refractivity contribution in [3.63, 3.8) is 0 Å². The second-order valence-corrected chi connectivity index (χ2v) is 5.60. The molecule has 0 bridgehead atoms. The van der Waals surface area contributed by atoms with Crippen LogP contribution in [0, 0.1) is 17.1 Å². The first-order chi connectivity index (χ1) is 11.6. The Bertz CT molecular complexity index is 936. The van der Waals surface area contributed by atoms with Crippen LogP contribution in [0.5, 0.6) is 0 Å². The molecule has 0 atom stereocenters. The van der Waals surface area contributed by atoms with Crippen LogP contribution in [0.2, 0.25) is 0 Å². The number of carboxylic acid groups (broad SMARTS) is 1. The van der Waals surface area contributed by atoms with Crippen molar-refractivity contribution in [2.24, 2.45) is 0 Å². The highest BCUT2D eigenvalue weighted by atomic mass is 19.1. The summed E-state index contributed by atoms with van der Waals surface area (Å²) >= 11 is 0. The first-order valence-electron chi connectivity index (χ1n) is 7.61. The summed E-state index contributed by atoms with van der Waals surface area (Å²) in [6, 6.07) is 13.6. The van der Waals surface area contributed by atoms with E-state index in [2.05, 4.69) is 11.1 Å². The van der Waals surface area contributed by atoms with Gasteiger partial charge in [-0.2, -0.15) is 5.26 Å². The Kier molecular flexibility index (Phi) is 4.30. The Labute approximate surface area is 138 Å². The highest BCUT2D eigenvalue weighted by molar-refractivity contribution is 5.91. The number of hydrogen-bond acceptors (Lipinski definition) is 2. The lowest BCUT2D eigenvalue weighted by molar-refractivity contribution is -0.137. The maximum absolute atomic E-state index is 13.2. The molecular weight excluding hydrogens is 307 g/mol. The molecule has 0 aliphatic carbocycles. The third-order valence-electron chi connectivity index (χ3n) is 3.99. The van der Waals surface area contributed by atoms with Gasteiger partial charge in [-0.3, -0.25) is 4.79 Å². The van der Waals surface area contributed by atoms with Crippen LogP contribution in [-0.4, -0.2) is 16.1 Å². The monoisotopic (exact) mass is 322 g/mol. The van der Waals surface area contributed by atoms with Crippen LogP contribution in [0.3, 0.4) is 0 Å². The molecule has 0 saturated carbocycles. The molecule has 3 aromatic rings. The lowest BCUT2D eigenvalue weighted by Gasteiger charge is -2.05. The Morgan fingerprint density at radius 2 is 1.96 bits per heavy atom. The summed E-state index contributed by atoms with van der Waals surface area (Å²) in [5.74, 6) is -1.15. The number of carbonyl (C=O) groups is 1. The minimum Gasteiger partial charge on any atom is -0.481 e. The third kappa shape index (κ3) is 3.13. The zero-order valence-electron chi connectivity index (χ0n) is 12.8. The third-order valence-corrected chi connectivity index (χ3v) is 3.99. The molecule has 0 aliphatic rings. The smallest absolute Gasteiger partial charge is 0.303 e. The molecule has 1 aromatic heterocycles. The Morgan fingerprint density at radius 3 is 2.62 bits per heavy atom. The molecule has 0 saturated heterocycles. The molecule has 0 spiro atoms. The number of aryl methyl sites for hydroxylation is 1. The molecule has 0 fully saturated rings. The van der Waals surface area contributed by atoms with E-state index in [9.17, 15) is 9.18 Å². The van der Waals surface area contributed by atoms with Crippen molar-refractivity contribution in [3.8, 4) is 17.3 Å². The van der Waals surface area contributed by atoms with Gasteiger partial charge in [0.2, 0.25) is 0 Å². The number of nitrogens with zero attached hydrogens (tertiary/aromatic N) is 1. The average molecular weight is 322 g/mol. The van der Waals surface area contributed by atoms with Gasteiger partial charge in [0.05, 0.1) is 11.6 Å². The fourth-order valence-corrected chi connectivity index (χ4v) is 2.86. The van der Waals surface area contributed by atoms with Gasteiger partial charge in [0.15, 0.2) is 0 Å². The van der Waals surface area contributed by atoms with Crippen LogP contribution in [0.1, 0.15) is 24.0 Å². The number of hydrogen-bond donors (Lipinski definition) is 2. The molecular formula is C19H15FN2O2. The summed E-state index contributed by atoms with van der Waals surface area (Å²) in [4.78, 5) is 14.1. The molecule has 3 rings (SSSR count). The number of fused-ring (bicyclic) bond motifs is 1. The molecule has 0 unspecified atom stereocenters. The Hall–Kier alpha value is -3.13. The lowest BCUT2D eigenvalue weighted by atomic mass is 9.99. The average Bonchev–Trinajstić information content (AvgIpc) is 2.93. The van der Waals surface area contributed by atoms with Crippen LogP contribution >= 0.6 is 0 Å². The van der Waals surface area contributed by atoms with Gasteiger partial charge in [-0.05, 0) is 66.4 Å². The van der Waals surface area contributed by atoms with Crippen LogP contribution in [-0.2, 0) is 11.2 Å². The number of aromatic amines is 1. The maximum Gasteiger partial charge on any atom is 0.303 e. The molecule has 2 N–H and O–H groups in total. The van der Waals surface area contributed by atoms with E-state index in [-0.39, 0.29) is 12.2 Å². The van der Waals surface area contributed by atoms with Crippen molar-refractivity contribution < 1.29 is 14.3 Å². The van der Waals surface area contributed by atoms with Crippen molar-refractivity contribution >= 4 is 16.9 Å². The number of aromatic nitrogens is 1. The van der Waals surface area contributed by atoms with Crippen molar-refractivity contribution in [2.45, 2.75) is 19.3 Å². The van der Waals surface area contributed by atoms with Gasteiger partial charge in [-0.25, -0.2) is 4.39 Å². The van der Waals surface area contributed by atoms with E-state index in [1.165, 1.54) is 12.1 Å². The molecule has 0 radical (unpaired) electrons. The summed E-state index contributed by atoms with van der Waals surface area (Å²) < 4.78 is 13.2. The number of H-pyrrole nitrogens is 1. The summed E-state index contributed by atoms with van der Waals surface area (Å²) in [5, 5.41) is 18.9. The molecule has 5 heteroatoms. The summed E-state index contributed by atoms with van der Waals surface area (Å²) in [7, 11) is 0. The van der Waals surface area contributed by atoms with Crippen LogP contribution < -0.4 is 0 Å². The van der Waals surface area contributed by atoms with Crippen molar-refractivity contribution in [2.75, 3.05) is 0 Å². The fourth-order valence-electron chi connectivity index (χ4n) is 2.86. The second-order valence-electron chi connectivity index (χ2n) is 5.60. The van der Waals surface area contributed by atoms with E-state index >= 15 is 0 Å². The minimum absolute atomic E-state index is 0.0769. The number of carboxylic acids is 1. The van der Waals surface area contributed by atoms with Gasteiger partial charge < -0.3 is 10.1 Å². The number of benzene rings is 2. The van der Waals surface area contributed by atoms with Gasteiger partial charge in [-0.15, -0.1) is 0 Å². The van der Waals surface area contributed by atoms with Crippen molar-refractivity contribution in [1.82, 2.24) is 4.98 Å². The zero-order valence-corrected chi connectivity index (χ0v) is 12.8. The van der Waals surface area contributed by atoms with E-state index in [1.54, 1.807) is 24.3 Å². The number of nitriles is 1. The Balaban J connectivity index is 2.10. The van der Waals surface area contributed by atoms with E-state index in [4.69, 9.17) is 10.4 Å². The molecule has 1 heterocycles. The van der Waals surface area contributed by atoms with Gasteiger partial charge in [0, 0.05) is 23.0 Å². The number of halogens is 1. The number of nitrogens with one attached hydrogen (secondary N) is 1. The molecule has 2 aromatic carbocycles. The molecule has 4 nitrogen and oxygen atoms in total. The van der Waals surface area contributed by atoms with E-state index in [1.807, 2.05) is 6.07 Å². The standard InChI is InChI=1S/C19H15FN2O2/c20-14-7-5-13(6-8-14)19-15(2-1-3-18(23)24)16-10-12(11-21)4-9-17(16)22-19/h4-10,22H,1-3H2,(H,23,24). The zero-order chi connectivity index (χ0) is 17.1. The van der Waals surface area contributed by atoms with Crippen LogP contribution in [0.4, 0.5) is 4.39 Å². The van der Waals surface area contributed by atoms with E-state index < -0.39 is 5.97 Å². The minimum atomic E-state index is -0.837. The fraction of sp³-hybridized carbons (Fsp3) is 0.158. The highest BCUT2D eigenvalue weighted by Crippen LogP contribution is 2.32. The lowest BCUT2D eigenvalue weighted by Crippen LogP contribution is -1.96. The van der Waals surface area contributed by atoms with Gasteiger partial charge in [-0.1, -0.05) is 0 Å². The van der Waals surface area contributed by atoms with Crippen molar-refractivity contribution in [3.05, 3.63) is 59.4 Å². The predicted molar refractivity (Wildman–Crippen MR) is 89.0 cm³/mol. The van der Waals surface area contributed by atoms with Gasteiger partial charge >= 0.3 is 5.97 Å². The van der Waals surface area contributed by atoms with Crippen LogP contribution in [0.15, 0.2) is 42.5 Å². The molecule has 0 amide bonds. The SMILES string of the molecule is N#Cc1ccc2[nH]c(-c3ccc(F)cc3)c(CCCC(=O)O)c2c1. The Morgan fingerprint density at radius 1 is 1.21 bits per heavy atom. The molecule has 0 aliphatic heterocycles. The highest BCUT2D eigenvalue weighted by Gasteiger charge is 2.14. The van der Waals surface area contributed by atoms with E-state index in [0.717, 1.165) is 27.7 Å². The molecule has 24 heavy (non-hydrogen) atoms. The normalized spacial score (nSPS) is 10.7. The second kappa shape index (κ2) is 6.55. The van der Waals surface area contributed by atoms with E-state index in [0.29, 0.717) is 18.4 Å². The largest absolute Gasteiger partial charge is 0.481 e. The summed E-state index contributed by atoms with van der Waals surface area (Å²) in [6.07, 6.45) is 1.13. The first kappa shape index (κ1) is 15.8.